The van der Waals surface area contributed by atoms with Crippen LogP contribution in [0.1, 0.15) is 21.9 Å². The largest absolute Gasteiger partial charge is 0.461 e. The number of amides is 1. The van der Waals surface area contributed by atoms with Crippen molar-refractivity contribution < 1.29 is 18.2 Å². The Morgan fingerprint density at radius 1 is 1.04 bits per heavy atom. The molecule has 3 aromatic heterocycles. The van der Waals surface area contributed by atoms with Gasteiger partial charge in [-0.1, -0.05) is 40.6 Å². The Bertz CT molecular complexity index is 973. The van der Waals surface area contributed by atoms with E-state index >= 15 is 0 Å². The van der Waals surface area contributed by atoms with Gasteiger partial charge >= 0.3 is 6.01 Å². The lowest BCUT2D eigenvalue weighted by Crippen LogP contribution is -2.12. The van der Waals surface area contributed by atoms with E-state index < -0.39 is 5.91 Å². The molecule has 4 aromatic rings. The molecule has 25 heavy (non-hydrogen) atoms. The van der Waals surface area contributed by atoms with E-state index in [4.69, 9.17) is 13.4 Å². The third kappa shape index (κ3) is 3.32. The molecule has 124 valence electrons. The Labute approximate surface area is 141 Å². The molecule has 0 aliphatic heterocycles. The molecule has 0 atom stereocenters. The summed E-state index contributed by atoms with van der Waals surface area (Å²) in [7, 11) is 0. The van der Waals surface area contributed by atoms with Crippen LogP contribution in [0.25, 0.3) is 11.5 Å². The fraction of sp³-hybridized carbons (Fsp3) is 0.0588. The van der Waals surface area contributed by atoms with Crippen molar-refractivity contribution in [1.82, 2.24) is 15.4 Å². The SMILES string of the molecule is O=C(Nc1nnc(Cc2ccccc2)o1)c1cc(-c2ccco2)on1. The topological polar surface area (TPSA) is 107 Å². The molecule has 0 fully saturated rings. The molecular formula is C17H12N4O4. The van der Waals surface area contributed by atoms with Gasteiger partial charge in [0.2, 0.25) is 11.7 Å². The Hall–Kier alpha value is -3.68. The highest BCUT2D eigenvalue weighted by molar-refractivity contribution is 6.01. The first-order valence-corrected chi connectivity index (χ1v) is 7.46. The highest BCUT2D eigenvalue weighted by Crippen LogP contribution is 2.21. The summed E-state index contributed by atoms with van der Waals surface area (Å²) in [6.45, 7) is 0. The van der Waals surface area contributed by atoms with Gasteiger partial charge in [-0.3, -0.25) is 10.1 Å². The second-order valence-corrected chi connectivity index (χ2v) is 5.17. The second-order valence-electron chi connectivity index (χ2n) is 5.17. The van der Waals surface area contributed by atoms with Crippen molar-refractivity contribution >= 4 is 11.9 Å². The number of furan rings is 1. The van der Waals surface area contributed by atoms with Gasteiger partial charge in [0, 0.05) is 6.07 Å². The molecule has 4 rings (SSSR count). The highest BCUT2D eigenvalue weighted by Gasteiger charge is 2.17. The monoisotopic (exact) mass is 336 g/mol. The first-order valence-electron chi connectivity index (χ1n) is 7.46. The maximum absolute atomic E-state index is 12.2. The van der Waals surface area contributed by atoms with Crippen molar-refractivity contribution in [3.8, 4) is 11.5 Å². The number of carbonyl (C=O) groups excluding carboxylic acids is 1. The van der Waals surface area contributed by atoms with E-state index in [1.54, 1.807) is 12.1 Å². The number of hydrogen-bond donors (Lipinski definition) is 1. The first-order chi connectivity index (χ1) is 12.3. The van der Waals surface area contributed by atoms with Crippen molar-refractivity contribution in [2.45, 2.75) is 6.42 Å². The van der Waals surface area contributed by atoms with E-state index in [1.807, 2.05) is 30.3 Å². The first kappa shape index (κ1) is 14.9. The zero-order valence-corrected chi connectivity index (χ0v) is 12.9. The molecule has 1 N–H and O–H groups in total. The summed E-state index contributed by atoms with van der Waals surface area (Å²) in [6, 6.07) is 14.6. The minimum Gasteiger partial charge on any atom is -0.461 e. The van der Waals surface area contributed by atoms with E-state index in [1.165, 1.54) is 12.3 Å². The van der Waals surface area contributed by atoms with Gasteiger partial charge in [0.25, 0.3) is 5.91 Å². The molecule has 8 heteroatoms. The quantitative estimate of drug-likeness (QED) is 0.596. The summed E-state index contributed by atoms with van der Waals surface area (Å²) in [5, 5.41) is 13.9. The van der Waals surface area contributed by atoms with E-state index in [-0.39, 0.29) is 11.7 Å². The van der Waals surface area contributed by atoms with Crippen LogP contribution in [0.15, 0.2) is 68.2 Å². The molecule has 0 radical (unpaired) electrons. The second kappa shape index (κ2) is 6.44. The Morgan fingerprint density at radius 2 is 1.92 bits per heavy atom. The van der Waals surface area contributed by atoms with Crippen LogP contribution in [-0.4, -0.2) is 21.3 Å². The molecule has 0 saturated carbocycles. The van der Waals surface area contributed by atoms with Crippen LogP contribution in [0.4, 0.5) is 6.01 Å². The number of anilines is 1. The minimum absolute atomic E-state index is 0.00141. The minimum atomic E-state index is -0.517. The van der Waals surface area contributed by atoms with Gasteiger partial charge < -0.3 is 13.4 Å². The van der Waals surface area contributed by atoms with Gasteiger partial charge in [0.1, 0.15) is 0 Å². The van der Waals surface area contributed by atoms with Gasteiger partial charge in [0.05, 0.1) is 12.7 Å². The van der Waals surface area contributed by atoms with Gasteiger partial charge in [0.15, 0.2) is 11.5 Å². The molecule has 1 aromatic carbocycles. The van der Waals surface area contributed by atoms with Crippen LogP contribution in [0.5, 0.6) is 0 Å². The molecule has 0 unspecified atom stereocenters. The number of benzene rings is 1. The van der Waals surface area contributed by atoms with Crippen molar-refractivity contribution in [3.05, 3.63) is 71.9 Å². The van der Waals surface area contributed by atoms with E-state index in [0.717, 1.165) is 5.56 Å². The number of aromatic nitrogens is 3. The highest BCUT2D eigenvalue weighted by atomic mass is 16.5. The van der Waals surface area contributed by atoms with Crippen LogP contribution >= 0.6 is 0 Å². The lowest BCUT2D eigenvalue weighted by Gasteiger charge is -1.96. The Kier molecular flexibility index (Phi) is 3.83. The molecule has 0 aliphatic carbocycles. The van der Waals surface area contributed by atoms with Crippen molar-refractivity contribution in [2.75, 3.05) is 5.32 Å². The van der Waals surface area contributed by atoms with Crippen LogP contribution in [0.3, 0.4) is 0 Å². The molecule has 0 aliphatic rings. The average molecular weight is 336 g/mol. The maximum atomic E-state index is 12.2. The number of nitrogens with zero attached hydrogens (tertiary/aromatic N) is 3. The predicted octanol–water partition coefficient (Wildman–Crippen LogP) is 3.16. The molecule has 1 amide bonds. The third-order valence-electron chi connectivity index (χ3n) is 3.39. The van der Waals surface area contributed by atoms with Crippen molar-refractivity contribution in [3.63, 3.8) is 0 Å². The van der Waals surface area contributed by atoms with Gasteiger partial charge in [-0.15, -0.1) is 5.10 Å². The normalized spacial score (nSPS) is 10.7. The standard InChI is InChI=1S/C17H12N4O4/c22-16(12-10-14(25-21-12)13-7-4-8-23-13)18-17-20-19-15(24-17)9-11-5-2-1-3-6-11/h1-8,10H,9H2,(H,18,20,22). The molecule has 0 bridgehead atoms. The number of hydrogen-bond acceptors (Lipinski definition) is 7. The molecule has 0 saturated heterocycles. The third-order valence-corrected chi connectivity index (χ3v) is 3.39. The van der Waals surface area contributed by atoms with E-state index in [0.29, 0.717) is 23.8 Å². The molecule has 8 nitrogen and oxygen atoms in total. The lowest BCUT2D eigenvalue weighted by molar-refractivity contribution is 0.101. The lowest BCUT2D eigenvalue weighted by atomic mass is 10.2. The fourth-order valence-corrected chi connectivity index (χ4v) is 2.22. The van der Waals surface area contributed by atoms with Gasteiger partial charge in [-0.05, 0) is 17.7 Å². The molecular weight excluding hydrogens is 324 g/mol. The van der Waals surface area contributed by atoms with E-state index in [2.05, 4.69) is 20.7 Å². The zero-order chi connectivity index (χ0) is 17.1. The molecule has 3 heterocycles. The summed E-state index contributed by atoms with van der Waals surface area (Å²) in [5.74, 6) is 0.717. The van der Waals surface area contributed by atoms with Crippen LogP contribution < -0.4 is 5.32 Å². The van der Waals surface area contributed by atoms with E-state index in [9.17, 15) is 4.79 Å². The van der Waals surface area contributed by atoms with Crippen molar-refractivity contribution in [2.24, 2.45) is 0 Å². The molecule has 0 spiro atoms. The van der Waals surface area contributed by atoms with Gasteiger partial charge in [-0.25, -0.2) is 0 Å². The summed E-state index contributed by atoms with van der Waals surface area (Å²) in [5.41, 5.74) is 1.11. The number of nitrogens with one attached hydrogen (secondary N) is 1. The predicted molar refractivity (Wildman–Crippen MR) is 85.7 cm³/mol. The Balaban J connectivity index is 1.43. The average Bonchev–Trinajstić information content (AvgIpc) is 3.37. The summed E-state index contributed by atoms with van der Waals surface area (Å²) < 4.78 is 15.7. The van der Waals surface area contributed by atoms with Crippen LogP contribution in [-0.2, 0) is 6.42 Å². The zero-order valence-electron chi connectivity index (χ0n) is 12.9. The Morgan fingerprint density at radius 3 is 2.72 bits per heavy atom. The van der Waals surface area contributed by atoms with Crippen LogP contribution in [0.2, 0.25) is 0 Å². The van der Waals surface area contributed by atoms with Crippen LogP contribution in [0, 0.1) is 0 Å². The summed E-state index contributed by atoms with van der Waals surface area (Å²) in [6.07, 6.45) is 1.99. The van der Waals surface area contributed by atoms with Crippen molar-refractivity contribution in [1.29, 1.82) is 0 Å². The summed E-state index contributed by atoms with van der Waals surface area (Å²) in [4.78, 5) is 12.2. The summed E-state index contributed by atoms with van der Waals surface area (Å²) >= 11 is 0. The fourth-order valence-electron chi connectivity index (χ4n) is 2.22. The number of rotatable bonds is 5. The number of carbonyl (C=O) groups is 1. The van der Waals surface area contributed by atoms with Gasteiger partial charge in [-0.2, -0.15) is 0 Å². The smallest absolute Gasteiger partial charge is 0.322 e. The maximum Gasteiger partial charge on any atom is 0.322 e.